The maximum atomic E-state index is 12.3. The minimum Gasteiger partial charge on any atom is -0.481 e. The van der Waals surface area contributed by atoms with Crippen LogP contribution in [0.15, 0.2) is 18.3 Å². The Labute approximate surface area is 141 Å². The van der Waals surface area contributed by atoms with E-state index in [1.165, 1.54) is 0 Å². The average Bonchev–Trinajstić information content (AvgIpc) is 2.54. The molecule has 3 N–H and O–H groups in total. The minimum absolute atomic E-state index is 0.000793. The molecule has 8 heteroatoms. The van der Waals surface area contributed by atoms with E-state index >= 15 is 0 Å². The molecule has 8 nitrogen and oxygen atoms in total. The first-order valence-corrected chi connectivity index (χ1v) is 7.96. The molecule has 2 rings (SSSR count). The molecule has 24 heavy (non-hydrogen) atoms. The highest BCUT2D eigenvalue weighted by molar-refractivity contribution is 5.92. The molecular weight excluding hydrogens is 312 g/mol. The summed E-state index contributed by atoms with van der Waals surface area (Å²) in [6.45, 7) is 6.28. The third kappa shape index (κ3) is 5.38. The van der Waals surface area contributed by atoms with Gasteiger partial charge in [-0.05, 0) is 32.4 Å². The summed E-state index contributed by atoms with van der Waals surface area (Å²) < 4.78 is 5.34. The summed E-state index contributed by atoms with van der Waals surface area (Å²) in [5.74, 6) is -0.175. The van der Waals surface area contributed by atoms with E-state index in [0.717, 1.165) is 13.1 Å². The lowest BCUT2D eigenvalue weighted by Crippen LogP contribution is -2.46. The Balaban J connectivity index is 1.99. The summed E-state index contributed by atoms with van der Waals surface area (Å²) in [5.41, 5.74) is -0.00461. The largest absolute Gasteiger partial charge is 0.481 e. The molecule has 0 saturated carbocycles. The van der Waals surface area contributed by atoms with Crippen LogP contribution in [0.3, 0.4) is 0 Å². The number of anilines is 2. The van der Waals surface area contributed by atoms with Gasteiger partial charge in [0.2, 0.25) is 0 Å². The number of hydrogen-bond acceptors (Lipinski definition) is 5. The van der Waals surface area contributed by atoms with Crippen molar-refractivity contribution in [2.24, 2.45) is 0 Å². The van der Waals surface area contributed by atoms with E-state index < -0.39 is 11.5 Å². The number of morpholine rings is 1. The van der Waals surface area contributed by atoms with Gasteiger partial charge in [0, 0.05) is 31.2 Å². The molecule has 0 unspecified atom stereocenters. The van der Waals surface area contributed by atoms with Gasteiger partial charge in [0.25, 0.3) is 0 Å². The Kier molecular flexibility index (Phi) is 5.97. The molecule has 2 heterocycles. The van der Waals surface area contributed by atoms with Crippen molar-refractivity contribution in [3.05, 3.63) is 18.3 Å². The van der Waals surface area contributed by atoms with Gasteiger partial charge in [0.1, 0.15) is 0 Å². The molecule has 1 aliphatic rings. The van der Waals surface area contributed by atoms with Crippen LogP contribution in [0, 0.1) is 0 Å². The summed E-state index contributed by atoms with van der Waals surface area (Å²) in [6.07, 6.45) is 2.03. The van der Waals surface area contributed by atoms with Gasteiger partial charge in [-0.3, -0.25) is 4.79 Å². The number of urea groups is 1. The zero-order valence-electron chi connectivity index (χ0n) is 14.0. The summed E-state index contributed by atoms with van der Waals surface area (Å²) in [4.78, 5) is 29.4. The van der Waals surface area contributed by atoms with Crippen molar-refractivity contribution >= 4 is 23.5 Å². The van der Waals surface area contributed by atoms with Crippen molar-refractivity contribution < 1.29 is 19.4 Å². The van der Waals surface area contributed by atoms with Gasteiger partial charge in [-0.1, -0.05) is 0 Å². The molecule has 0 atom stereocenters. The molecule has 2 amide bonds. The first-order valence-electron chi connectivity index (χ1n) is 7.96. The van der Waals surface area contributed by atoms with E-state index in [2.05, 4.69) is 20.5 Å². The van der Waals surface area contributed by atoms with Gasteiger partial charge >= 0.3 is 12.0 Å². The third-order valence-corrected chi connectivity index (χ3v) is 3.76. The molecular formula is C16H24N4O4. The molecule has 1 aromatic heterocycles. The quantitative estimate of drug-likeness (QED) is 0.730. The summed E-state index contributed by atoms with van der Waals surface area (Å²) in [7, 11) is 0. The Morgan fingerprint density at radius 1 is 1.38 bits per heavy atom. The maximum absolute atomic E-state index is 12.3. The topological polar surface area (TPSA) is 104 Å². The molecule has 1 fully saturated rings. The van der Waals surface area contributed by atoms with Crippen molar-refractivity contribution in [2.45, 2.75) is 32.2 Å². The van der Waals surface area contributed by atoms with Crippen LogP contribution in [-0.2, 0) is 9.53 Å². The molecule has 0 aliphatic carbocycles. The normalized spacial score (nSPS) is 15.0. The zero-order chi connectivity index (χ0) is 17.6. The highest BCUT2D eigenvalue weighted by atomic mass is 16.5. The Hall–Kier alpha value is -2.35. The minimum atomic E-state index is -0.882. The van der Waals surface area contributed by atoms with E-state index in [-0.39, 0.29) is 12.5 Å². The smallest absolute Gasteiger partial charge is 0.319 e. The SMILES string of the molecule is CC(C)(CCC(=O)O)NC(=O)Nc1cccnc1N1CCOCC1. The molecule has 132 valence electrons. The Morgan fingerprint density at radius 3 is 2.75 bits per heavy atom. The van der Waals surface area contributed by atoms with Crippen LogP contribution < -0.4 is 15.5 Å². The number of nitrogens with zero attached hydrogens (tertiary/aromatic N) is 2. The molecule has 0 radical (unpaired) electrons. The van der Waals surface area contributed by atoms with E-state index in [1.807, 2.05) is 0 Å². The highest BCUT2D eigenvalue weighted by Gasteiger charge is 2.23. The number of carboxylic acid groups (broad SMARTS) is 1. The molecule has 0 bridgehead atoms. The number of rotatable bonds is 6. The second-order valence-corrected chi connectivity index (χ2v) is 6.33. The van der Waals surface area contributed by atoms with Gasteiger partial charge in [0.15, 0.2) is 5.82 Å². The van der Waals surface area contributed by atoms with Crippen LogP contribution in [0.5, 0.6) is 0 Å². The number of pyridine rings is 1. The summed E-state index contributed by atoms with van der Waals surface area (Å²) in [5, 5.41) is 14.4. The zero-order valence-corrected chi connectivity index (χ0v) is 14.0. The van der Waals surface area contributed by atoms with E-state index in [0.29, 0.717) is 31.1 Å². The Bertz CT molecular complexity index is 585. The lowest BCUT2D eigenvalue weighted by atomic mass is 9.99. The number of nitrogens with one attached hydrogen (secondary N) is 2. The predicted octanol–water partition coefficient (Wildman–Crippen LogP) is 1.68. The number of aromatic nitrogens is 1. The molecule has 1 aromatic rings. The van der Waals surface area contributed by atoms with Crippen molar-refractivity contribution in [1.29, 1.82) is 0 Å². The van der Waals surface area contributed by atoms with Crippen LogP contribution >= 0.6 is 0 Å². The average molecular weight is 336 g/mol. The van der Waals surface area contributed by atoms with Crippen LogP contribution in [0.25, 0.3) is 0 Å². The number of carboxylic acids is 1. The summed E-state index contributed by atoms with van der Waals surface area (Å²) in [6, 6.07) is 3.17. The first-order chi connectivity index (χ1) is 11.4. The lowest BCUT2D eigenvalue weighted by molar-refractivity contribution is -0.137. The monoisotopic (exact) mass is 336 g/mol. The standard InChI is InChI=1S/C16H24N4O4/c1-16(2,6-5-13(21)22)19-15(23)18-12-4-3-7-17-14(12)20-8-10-24-11-9-20/h3-4,7H,5-6,8-11H2,1-2H3,(H,21,22)(H2,18,19,23). The highest BCUT2D eigenvalue weighted by Crippen LogP contribution is 2.23. The van der Waals surface area contributed by atoms with E-state index in [9.17, 15) is 9.59 Å². The second kappa shape index (κ2) is 7.96. The first kappa shape index (κ1) is 18.0. The van der Waals surface area contributed by atoms with Crippen LogP contribution in [0.1, 0.15) is 26.7 Å². The number of carbonyl (C=O) groups is 2. The Morgan fingerprint density at radius 2 is 2.08 bits per heavy atom. The van der Waals surface area contributed by atoms with Crippen LogP contribution in [0.4, 0.5) is 16.3 Å². The van der Waals surface area contributed by atoms with Gasteiger partial charge in [-0.2, -0.15) is 0 Å². The van der Waals surface area contributed by atoms with E-state index in [4.69, 9.17) is 9.84 Å². The fraction of sp³-hybridized carbons (Fsp3) is 0.562. The molecule has 0 spiro atoms. The number of aliphatic carboxylic acids is 1. The van der Waals surface area contributed by atoms with Crippen molar-refractivity contribution in [2.75, 3.05) is 36.5 Å². The van der Waals surface area contributed by atoms with Gasteiger partial charge < -0.3 is 25.4 Å². The predicted molar refractivity (Wildman–Crippen MR) is 90.4 cm³/mol. The van der Waals surface area contributed by atoms with Crippen molar-refractivity contribution in [1.82, 2.24) is 10.3 Å². The number of ether oxygens (including phenoxy) is 1. The summed E-state index contributed by atoms with van der Waals surface area (Å²) >= 11 is 0. The second-order valence-electron chi connectivity index (χ2n) is 6.33. The van der Waals surface area contributed by atoms with Crippen molar-refractivity contribution in [3.63, 3.8) is 0 Å². The fourth-order valence-corrected chi connectivity index (χ4v) is 2.46. The van der Waals surface area contributed by atoms with Gasteiger partial charge in [-0.25, -0.2) is 9.78 Å². The molecule has 0 aromatic carbocycles. The maximum Gasteiger partial charge on any atom is 0.319 e. The van der Waals surface area contributed by atoms with Gasteiger partial charge in [-0.15, -0.1) is 0 Å². The fourth-order valence-electron chi connectivity index (χ4n) is 2.46. The number of amides is 2. The van der Waals surface area contributed by atoms with E-state index in [1.54, 1.807) is 32.2 Å². The van der Waals surface area contributed by atoms with Crippen molar-refractivity contribution in [3.8, 4) is 0 Å². The molecule has 1 saturated heterocycles. The molecule has 1 aliphatic heterocycles. The van der Waals surface area contributed by atoms with Crippen LogP contribution in [0.2, 0.25) is 0 Å². The van der Waals surface area contributed by atoms with Gasteiger partial charge in [0.05, 0.1) is 18.9 Å². The number of carbonyl (C=O) groups excluding carboxylic acids is 1. The third-order valence-electron chi connectivity index (χ3n) is 3.76. The lowest BCUT2D eigenvalue weighted by Gasteiger charge is -2.30. The van der Waals surface area contributed by atoms with Crippen LogP contribution in [-0.4, -0.2) is 53.9 Å². The number of hydrogen-bond donors (Lipinski definition) is 3.